The molecule has 0 saturated heterocycles. The van der Waals surface area contributed by atoms with E-state index in [4.69, 9.17) is 10.5 Å². The minimum atomic E-state index is -2.20. The summed E-state index contributed by atoms with van der Waals surface area (Å²) in [6.07, 6.45) is -0.723. The maximum Gasteiger partial charge on any atom is 0.419 e. The van der Waals surface area contributed by atoms with Gasteiger partial charge in [0.25, 0.3) is 5.91 Å². The van der Waals surface area contributed by atoms with E-state index >= 15 is 0 Å². The number of alkyl halides is 1. The van der Waals surface area contributed by atoms with Crippen molar-refractivity contribution in [1.29, 1.82) is 0 Å². The number of benzene rings is 2. The second-order valence-electron chi connectivity index (χ2n) is 5.45. The molecule has 6 nitrogen and oxygen atoms in total. The number of nitrogens with two attached hydrogens (primary N) is 1. The topological polar surface area (TPSA) is 94.5 Å². The summed E-state index contributed by atoms with van der Waals surface area (Å²) in [7, 11) is 0. The summed E-state index contributed by atoms with van der Waals surface area (Å²) in [6, 6.07) is 17.7. The van der Waals surface area contributed by atoms with E-state index < -0.39 is 16.5 Å². The van der Waals surface area contributed by atoms with Crippen molar-refractivity contribution < 1.29 is 19.4 Å². The first kappa shape index (κ1) is 17.2. The van der Waals surface area contributed by atoms with Gasteiger partial charge in [0.05, 0.1) is 11.2 Å². The highest BCUT2D eigenvalue weighted by molar-refractivity contribution is 9.10. The maximum absolute atomic E-state index is 12.6. The highest BCUT2D eigenvalue weighted by atomic mass is 79.9. The molecule has 0 fully saturated rings. The third-order valence-electron chi connectivity index (χ3n) is 3.76. The lowest BCUT2D eigenvalue weighted by Gasteiger charge is -2.19. The van der Waals surface area contributed by atoms with Crippen LogP contribution in [0.15, 0.2) is 60.7 Å². The Hall–Kier alpha value is -2.64. The predicted molar refractivity (Wildman–Crippen MR) is 96.0 cm³/mol. The molecule has 0 spiro atoms. The Morgan fingerprint density at radius 1 is 1.12 bits per heavy atom. The largest absolute Gasteiger partial charge is 0.444 e. The van der Waals surface area contributed by atoms with Gasteiger partial charge in [0.15, 0.2) is 0 Å². The number of aliphatic hydroxyl groups is 1. The number of halogens is 1. The fraction of sp³-hybridized carbons (Fsp3) is 0.111. The third kappa shape index (κ3) is 3.29. The van der Waals surface area contributed by atoms with Crippen molar-refractivity contribution in [2.45, 2.75) is 11.1 Å². The molecule has 128 valence electrons. The lowest BCUT2D eigenvalue weighted by molar-refractivity contribution is -0.128. The normalized spacial score (nSPS) is 13.4. The minimum Gasteiger partial charge on any atom is -0.444 e. The van der Waals surface area contributed by atoms with E-state index in [2.05, 4.69) is 15.9 Å². The minimum absolute atomic E-state index is 0.0146. The molecule has 1 aromatic heterocycles. The molecule has 1 heterocycles. The van der Waals surface area contributed by atoms with Gasteiger partial charge in [-0.05, 0) is 33.6 Å². The molecule has 0 saturated carbocycles. The molecule has 0 bridgehead atoms. The van der Waals surface area contributed by atoms with Crippen LogP contribution in [0.25, 0.3) is 10.9 Å². The number of amides is 1. The van der Waals surface area contributed by atoms with Gasteiger partial charge in [-0.3, -0.25) is 4.79 Å². The van der Waals surface area contributed by atoms with E-state index in [1.54, 1.807) is 24.3 Å². The van der Waals surface area contributed by atoms with Crippen LogP contribution in [0.1, 0.15) is 11.3 Å². The molecule has 2 aromatic carbocycles. The second-order valence-corrected chi connectivity index (χ2v) is 6.60. The van der Waals surface area contributed by atoms with Gasteiger partial charge in [-0.2, -0.15) is 0 Å². The molecule has 25 heavy (non-hydrogen) atoms. The standard InChI is InChI=1S/C18H15BrN2O4/c19-18(24,16(20)22)15-10-13-8-4-5-9-14(13)21(15)17(23)25-11-12-6-2-1-3-7-12/h1-10,24H,11H2,(H2,20,22)/t18-/m1/s1. The molecule has 0 aliphatic heterocycles. The number of aromatic nitrogens is 1. The zero-order valence-electron chi connectivity index (χ0n) is 13.1. The lowest BCUT2D eigenvalue weighted by atomic mass is 10.2. The van der Waals surface area contributed by atoms with Crippen molar-refractivity contribution >= 4 is 38.8 Å². The summed E-state index contributed by atoms with van der Waals surface area (Å²) >= 11 is 2.90. The first-order chi connectivity index (χ1) is 11.9. The van der Waals surface area contributed by atoms with Crippen molar-refractivity contribution in [2.24, 2.45) is 5.73 Å². The van der Waals surface area contributed by atoms with Crippen LogP contribution in [0, 0.1) is 0 Å². The SMILES string of the molecule is NC(=O)[C@@](O)(Br)c1cc2ccccc2n1C(=O)OCc1ccccc1. The zero-order chi connectivity index (χ0) is 18.0. The van der Waals surface area contributed by atoms with Crippen LogP contribution >= 0.6 is 15.9 Å². The number of ether oxygens (including phenoxy) is 1. The highest BCUT2D eigenvalue weighted by Gasteiger charge is 2.38. The van der Waals surface area contributed by atoms with E-state index in [-0.39, 0.29) is 12.3 Å². The predicted octanol–water partition coefficient (Wildman–Crippen LogP) is 2.85. The van der Waals surface area contributed by atoms with Crippen LogP contribution in [-0.4, -0.2) is 21.7 Å². The van der Waals surface area contributed by atoms with E-state index in [1.165, 1.54) is 6.07 Å². The van der Waals surface area contributed by atoms with Crippen molar-refractivity contribution in [2.75, 3.05) is 0 Å². The maximum atomic E-state index is 12.6. The van der Waals surface area contributed by atoms with Crippen LogP contribution in [-0.2, 0) is 20.6 Å². The number of primary amides is 1. The highest BCUT2D eigenvalue weighted by Crippen LogP contribution is 2.33. The van der Waals surface area contributed by atoms with Gasteiger partial charge in [-0.15, -0.1) is 0 Å². The van der Waals surface area contributed by atoms with Crippen LogP contribution in [0.3, 0.4) is 0 Å². The second kappa shape index (κ2) is 6.70. The number of hydrogen-bond donors (Lipinski definition) is 2. The number of para-hydroxylation sites is 1. The van der Waals surface area contributed by atoms with Crippen molar-refractivity contribution in [3.8, 4) is 0 Å². The van der Waals surface area contributed by atoms with Crippen molar-refractivity contribution in [3.63, 3.8) is 0 Å². The molecule has 0 unspecified atom stereocenters. The van der Waals surface area contributed by atoms with Gasteiger partial charge in [0.2, 0.25) is 4.51 Å². The molecule has 3 N–H and O–H groups in total. The zero-order valence-corrected chi connectivity index (χ0v) is 14.6. The molecule has 7 heteroatoms. The number of rotatable bonds is 4. The Morgan fingerprint density at radius 3 is 2.44 bits per heavy atom. The van der Waals surface area contributed by atoms with Crippen LogP contribution in [0.4, 0.5) is 4.79 Å². The lowest BCUT2D eigenvalue weighted by Crippen LogP contribution is -2.38. The van der Waals surface area contributed by atoms with Crippen LogP contribution < -0.4 is 5.73 Å². The van der Waals surface area contributed by atoms with E-state index in [1.807, 2.05) is 30.3 Å². The molecule has 0 aliphatic carbocycles. The van der Waals surface area contributed by atoms with Gasteiger partial charge in [-0.25, -0.2) is 9.36 Å². The van der Waals surface area contributed by atoms with E-state index in [0.717, 1.165) is 10.1 Å². The Kier molecular flexibility index (Phi) is 4.61. The smallest absolute Gasteiger partial charge is 0.419 e. The average Bonchev–Trinajstić information content (AvgIpc) is 3.01. The summed E-state index contributed by atoms with van der Waals surface area (Å²) < 4.78 is 4.28. The van der Waals surface area contributed by atoms with E-state index in [0.29, 0.717) is 10.9 Å². The first-order valence-electron chi connectivity index (χ1n) is 7.44. The molecule has 1 atom stereocenters. The van der Waals surface area contributed by atoms with E-state index in [9.17, 15) is 14.7 Å². The molecule has 3 aromatic rings. The van der Waals surface area contributed by atoms with Gasteiger partial charge in [0, 0.05) is 5.39 Å². The fourth-order valence-corrected chi connectivity index (χ4v) is 2.80. The first-order valence-corrected chi connectivity index (χ1v) is 8.24. The molecule has 1 amide bonds. The molecule has 0 radical (unpaired) electrons. The van der Waals surface area contributed by atoms with Crippen molar-refractivity contribution in [3.05, 3.63) is 71.9 Å². The quantitative estimate of drug-likeness (QED) is 0.655. The number of nitrogens with zero attached hydrogens (tertiary/aromatic N) is 1. The van der Waals surface area contributed by atoms with Crippen molar-refractivity contribution in [1.82, 2.24) is 4.57 Å². The van der Waals surface area contributed by atoms with Gasteiger partial charge in [-0.1, -0.05) is 48.5 Å². The summed E-state index contributed by atoms with van der Waals surface area (Å²) in [5.41, 5.74) is 6.55. The molecular weight excluding hydrogens is 388 g/mol. The summed E-state index contributed by atoms with van der Waals surface area (Å²) in [4.78, 5) is 24.3. The average molecular weight is 403 g/mol. The number of fused-ring (bicyclic) bond motifs is 1. The monoisotopic (exact) mass is 402 g/mol. The number of carbonyl (C=O) groups excluding carboxylic acids is 2. The van der Waals surface area contributed by atoms with Gasteiger partial charge >= 0.3 is 6.09 Å². The summed E-state index contributed by atoms with van der Waals surface area (Å²) in [5, 5.41) is 11.1. The third-order valence-corrected chi connectivity index (χ3v) is 4.56. The summed E-state index contributed by atoms with van der Waals surface area (Å²) in [6.45, 7) is 0.0584. The molecule has 3 rings (SSSR count). The molecular formula is C18H15BrN2O4. The summed E-state index contributed by atoms with van der Waals surface area (Å²) in [5.74, 6) is -1.03. The van der Waals surface area contributed by atoms with Crippen LogP contribution in [0.5, 0.6) is 0 Å². The Morgan fingerprint density at radius 2 is 1.76 bits per heavy atom. The van der Waals surface area contributed by atoms with Crippen LogP contribution in [0.2, 0.25) is 0 Å². The fourth-order valence-electron chi connectivity index (χ4n) is 2.51. The Bertz CT molecular complexity index is 935. The number of carbonyl (C=O) groups is 2. The Labute approximate surface area is 151 Å². The Balaban J connectivity index is 2.01. The number of hydrogen-bond acceptors (Lipinski definition) is 4. The van der Waals surface area contributed by atoms with Gasteiger partial charge < -0.3 is 15.6 Å². The van der Waals surface area contributed by atoms with Gasteiger partial charge in [0.1, 0.15) is 6.61 Å². The molecule has 0 aliphatic rings.